The molecule has 0 bridgehead atoms. The molecule has 6 rings (SSSR count). The van der Waals surface area contributed by atoms with Gasteiger partial charge in [-0.25, -0.2) is 10.4 Å². The minimum absolute atomic E-state index is 0.0262. The third-order valence-electron chi connectivity index (χ3n) is 9.38. The van der Waals surface area contributed by atoms with E-state index in [1.807, 2.05) is 42.5 Å². The predicted molar refractivity (Wildman–Crippen MR) is 203 cm³/mol. The minimum Gasteiger partial charge on any atom is -0.494 e. The number of rotatable bonds is 15. The molecular formula is C42H36F6N6O4. The van der Waals surface area contributed by atoms with Crippen LogP contribution < -0.4 is 15.6 Å². The number of ether oxygens (including phenoxy) is 2. The number of aliphatic imine (C=N–C) groups is 1. The first-order chi connectivity index (χ1) is 27.8. The molecule has 5 aromatic rings. The number of halogens is 6. The molecular weight excluding hydrogens is 766 g/mol. The van der Waals surface area contributed by atoms with Gasteiger partial charge >= 0.3 is 12.4 Å². The molecule has 58 heavy (non-hydrogen) atoms. The molecule has 10 nitrogen and oxygen atoms in total. The summed E-state index contributed by atoms with van der Waals surface area (Å²) in [5.41, 5.74) is 12.8. The Hall–Kier alpha value is -6.35. The lowest BCUT2D eigenvalue weighted by Gasteiger charge is -2.31. The Labute approximate surface area is 328 Å². The van der Waals surface area contributed by atoms with Crippen molar-refractivity contribution in [2.75, 3.05) is 13.2 Å². The smallest absolute Gasteiger partial charge is 0.416 e. The number of nitrogens with one attached hydrogen (secondary N) is 2. The van der Waals surface area contributed by atoms with Gasteiger partial charge in [0, 0.05) is 36.5 Å². The van der Waals surface area contributed by atoms with Gasteiger partial charge in [-0.3, -0.25) is 10.2 Å². The summed E-state index contributed by atoms with van der Waals surface area (Å²) >= 11 is 0. The molecule has 1 aliphatic heterocycles. The van der Waals surface area contributed by atoms with Crippen LogP contribution in [0.4, 0.5) is 26.3 Å². The summed E-state index contributed by atoms with van der Waals surface area (Å²) in [6.45, 7) is -0.451. The van der Waals surface area contributed by atoms with E-state index in [1.54, 1.807) is 60.7 Å². The molecule has 2 atom stereocenters. The molecule has 0 saturated heterocycles. The maximum atomic E-state index is 14.7. The average molecular weight is 803 g/mol. The molecule has 0 saturated carbocycles. The first-order valence-corrected chi connectivity index (χ1v) is 18.0. The second-order valence-corrected chi connectivity index (χ2v) is 13.3. The number of aliphatic hydroxyl groups excluding tert-OH is 1. The molecule has 0 spiro atoms. The largest absolute Gasteiger partial charge is 0.494 e. The number of hydrogen-bond acceptors (Lipinski definition) is 7. The van der Waals surface area contributed by atoms with Gasteiger partial charge in [0.05, 0.1) is 24.3 Å². The predicted octanol–water partition coefficient (Wildman–Crippen LogP) is 9.28. The molecule has 300 valence electrons. The third kappa shape index (κ3) is 9.77. The molecule has 5 aromatic carbocycles. The van der Waals surface area contributed by atoms with Gasteiger partial charge in [0.2, 0.25) is 5.90 Å². The maximum absolute atomic E-state index is 14.7. The van der Waals surface area contributed by atoms with Gasteiger partial charge in [-0.1, -0.05) is 84.0 Å². The fraction of sp³-hybridized carbons (Fsp3) is 0.238. The highest BCUT2D eigenvalue weighted by molar-refractivity contribution is 6.01. The monoisotopic (exact) mass is 802 g/mol. The number of nitrogens with zero attached hydrogens (tertiary/aromatic N) is 4. The van der Waals surface area contributed by atoms with Gasteiger partial charge < -0.3 is 14.6 Å². The van der Waals surface area contributed by atoms with E-state index in [2.05, 4.69) is 20.9 Å². The van der Waals surface area contributed by atoms with Gasteiger partial charge in [0.1, 0.15) is 5.75 Å². The van der Waals surface area contributed by atoms with Crippen LogP contribution in [0.5, 0.6) is 5.75 Å². The van der Waals surface area contributed by atoms with Crippen LogP contribution in [0.1, 0.15) is 51.5 Å². The van der Waals surface area contributed by atoms with E-state index in [-0.39, 0.29) is 38.1 Å². The van der Waals surface area contributed by atoms with Crippen LogP contribution >= 0.6 is 0 Å². The van der Waals surface area contributed by atoms with Gasteiger partial charge in [0.25, 0.3) is 5.91 Å². The zero-order valence-electron chi connectivity index (χ0n) is 30.6. The number of benzene rings is 5. The Bertz CT molecular complexity index is 2250. The molecule has 1 heterocycles. The summed E-state index contributed by atoms with van der Waals surface area (Å²) in [4.78, 5) is 22.5. The van der Waals surface area contributed by atoms with Crippen LogP contribution in [0, 0.1) is 0 Å². The van der Waals surface area contributed by atoms with Crippen molar-refractivity contribution in [3.05, 3.63) is 171 Å². The second kappa shape index (κ2) is 17.8. The summed E-state index contributed by atoms with van der Waals surface area (Å²) in [5.74, 6) is -0.244. The maximum Gasteiger partial charge on any atom is 0.416 e. The molecule has 0 aromatic heterocycles. The Kier molecular flexibility index (Phi) is 12.7. The van der Waals surface area contributed by atoms with Gasteiger partial charge in [0.15, 0.2) is 11.6 Å². The summed E-state index contributed by atoms with van der Waals surface area (Å²) in [7, 11) is 0. The highest BCUT2D eigenvalue weighted by Gasteiger charge is 2.53. The summed E-state index contributed by atoms with van der Waals surface area (Å²) in [6, 6.07) is 31.6. The number of amides is 1. The van der Waals surface area contributed by atoms with E-state index in [0.29, 0.717) is 46.6 Å². The van der Waals surface area contributed by atoms with E-state index in [9.17, 15) is 31.1 Å². The molecule has 1 aliphatic rings. The van der Waals surface area contributed by atoms with E-state index in [1.165, 1.54) is 0 Å². The van der Waals surface area contributed by atoms with Crippen LogP contribution in [0.2, 0.25) is 0 Å². The zero-order valence-corrected chi connectivity index (χ0v) is 30.6. The van der Waals surface area contributed by atoms with Crippen molar-refractivity contribution in [1.82, 2.24) is 10.9 Å². The fourth-order valence-electron chi connectivity index (χ4n) is 6.50. The number of hydrogen-bond donors (Lipinski definition) is 3. The van der Waals surface area contributed by atoms with Crippen molar-refractivity contribution in [2.45, 2.75) is 49.9 Å². The molecule has 0 unspecified atom stereocenters. The van der Waals surface area contributed by atoms with Gasteiger partial charge in [-0.2, -0.15) is 26.3 Å². The number of aliphatic hydroxyl groups is 1. The Morgan fingerprint density at radius 3 is 2.05 bits per heavy atom. The minimum atomic E-state index is -5.06. The normalized spacial score (nSPS) is 16.5. The lowest BCUT2D eigenvalue weighted by molar-refractivity contribution is -0.143. The molecule has 3 N–H and O–H groups in total. The van der Waals surface area contributed by atoms with Gasteiger partial charge in [-0.15, -0.1) is 0 Å². The van der Waals surface area contributed by atoms with E-state index in [4.69, 9.17) is 25.1 Å². The van der Waals surface area contributed by atoms with Crippen molar-refractivity contribution in [1.29, 1.82) is 0 Å². The number of carbonyl (C=O) groups excluding carboxylic acids is 1. The SMILES string of the molecule is [N-]=[N+]=NCc1ccccc1C[C@]1(C(=O)NNCc2cc(C(F)(F)F)cc(C(F)(F)F)c2)N=C(c2ccc(OCCCO)cc2)O[C@H]1c1ccc(-c2ccccc2)cc1. The lowest BCUT2D eigenvalue weighted by Crippen LogP contribution is -2.53. The van der Waals surface area contributed by atoms with Crippen LogP contribution in [0.15, 0.2) is 131 Å². The van der Waals surface area contributed by atoms with Crippen LogP contribution in [0.3, 0.4) is 0 Å². The fourth-order valence-corrected chi connectivity index (χ4v) is 6.50. The Morgan fingerprint density at radius 2 is 1.43 bits per heavy atom. The molecule has 16 heteroatoms. The van der Waals surface area contributed by atoms with Crippen molar-refractivity contribution in [2.24, 2.45) is 10.1 Å². The lowest BCUT2D eigenvalue weighted by atomic mass is 9.80. The molecule has 0 fully saturated rings. The van der Waals surface area contributed by atoms with Crippen molar-refractivity contribution < 1.29 is 45.7 Å². The van der Waals surface area contributed by atoms with Crippen molar-refractivity contribution in [3.8, 4) is 16.9 Å². The van der Waals surface area contributed by atoms with E-state index >= 15 is 0 Å². The topological polar surface area (TPSA) is 141 Å². The summed E-state index contributed by atoms with van der Waals surface area (Å²) in [5, 5.41) is 12.8. The Morgan fingerprint density at radius 1 is 0.828 bits per heavy atom. The summed E-state index contributed by atoms with van der Waals surface area (Å²) < 4.78 is 94.0. The first-order valence-electron chi connectivity index (χ1n) is 18.0. The van der Waals surface area contributed by atoms with E-state index < -0.39 is 53.1 Å². The highest BCUT2D eigenvalue weighted by atomic mass is 19.4. The van der Waals surface area contributed by atoms with E-state index in [0.717, 1.165) is 11.1 Å². The summed E-state index contributed by atoms with van der Waals surface area (Å²) in [6.07, 6.45) is -11.0. The van der Waals surface area contributed by atoms with Gasteiger partial charge in [-0.05, 0) is 81.4 Å². The number of azide groups is 1. The number of carbonyl (C=O) groups is 1. The average Bonchev–Trinajstić information content (AvgIpc) is 3.61. The second-order valence-electron chi connectivity index (χ2n) is 13.3. The molecule has 0 aliphatic carbocycles. The van der Waals surface area contributed by atoms with Crippen molar-refractivity contribution in [3.63, 3.8) is 0 Å². The third-order valence-corrected chi connectivity index (χ3v) is 9.38. The molecule has 1 amide bonds. The van der Waals surface area contributed by atoms with Crippen LogP contribution in [-0.4, -0.2) is 35.7 Å². The quantitative estimate of drug-likeness (QED) is 0.0242. The number of hydrazine groups is 1. The van der Waals surface area contributed by atoms with Crippen molar-refractivity contribution >= 4 is 11.8 Å². The molecule has 0 radical (unpaired) electrons. The van der Waals surface area contributed by atoms with Crippen LogP contribution in [-0.2, 0) is 41.4 Å². The Balaban J connectivity index is 1.42. The highest BCUT2D eigenvalue weighted by Crippen LogP contribution is 2.44. The number of alkyl halides is 6. The first kappa shape index (κ1) is 41.3. The zero-order chi connectivity index (χ0) is 41.3. The standard InChI is InChI=1S/C42H36F6N6O4/c43-41(44,45)34-21-27(22-35(23-34)42(46,47)48)25-50-53-39(56)40(24-32-9-4-5-10-33(32)26-51-54-49)37(30-13-11-29(12-14-30)28-7-2-1-3-8-28)58-38(52-40)31-15-17-36(18-16-31)57-20-6-19-55/h1-5,7-18,21-23,37,50,55H,6,19-20,24-26H2,(H,53,56)/t37-,40-/m0/s1. The van der Waals surface area contributed by atoms with Crippen LogP contribution in [0.25, 0.3) is 21.6 Å².